The summed E-state index contributed by atoms with van der Waals surface area (Å²) in [6.07, 6.45) is 2.16. The fraction of sp³-hybridized carbons (Fsp3) is 0.0909. The number of carbonyl (C=O) groups is 1. The number of aromatic nitrogens is 1. The zero-order chi connectivity index (χ0) is 14.0. The van der Waals surface area contributed by atoms with E-state index < -0.39 is 38.2 Å². The minimum absolute atomic E-state index is 0.147. The number of furan rings is 1. The second-order valence-electron chi connectivity index (χ2n) is 3.69. The van der Waals surface area contributed by atoms with Crippen molar-refractivity contribution in [1.82, 2.24) is 4.98 Å². The topological polar surface area (TPSA) is 97.5 Å². The predicted octanol–water partition coefficient (Wildman–Crippen LogP) is 1.49. The molecule has 0 unspecified atom stereocenters. The highest BCUT2D eigenvalue weighted by atomic mass is 32.2. The van der Waals surface area contributed by atoms with E-state index in [1.165, 1.54) is 6.20 Å². The highest BCUT2D eigenvalue weighted by Gasteiger charge is 2.22. The third-order valence-corrected chi connectivity index (χ3v) is 3.76. The van der Waals surface area contributed by atoms with Gasteiger partial charge in [-0.3, -0.25) is 4.98 Å². The normalized spacial score (nSPS) is 11.4. The monoisotopic (exact) mass is 285 g/mol. The molecule has 2 rings (SSSR count). The molecule has 8 heteroatoms. The summed E-state index contributed by atoms with van der Waals surface area (Å²) < 4.78 is 41.4. The van der Waals surface area contributed by atoms with E-state index in [0.717, 1.165) is 24.4 Å². The van der Waals surface area contributed by atoms with Crippen molar-refractivity contribution in [2.24, 2.45) is 0 Å². The van der Waals surface area contributed by atoms with Crippen molar-refractivity contribution in [2.75, 3.05) is 0 Å². The third-order valence-electron chi connectivity index (χ3n) is 2.22. The number of hydrogen-bond acceptors (Lipinski definition) is 5. The molecule has 19 heavy (non-hydrogen) atoms. The van der Waals surface area contributed by atoms with Gasteiger partial charge in [0, 0.05) is 6.20 Å². The molecule has 0 aliphatic heterocycles. The number of nitrogens with zero attached hydrogens (tertiary/aromatic N) is 1. The van der Waals surface area contributed by atoms with Gasteiger partial charge in [-0.1, -0.05) is 0 Å². The number of halogens is 1. The van der Waals surface area contributed by atoms with Crippen molar-refractivity contribution in [1.29, 1.82) is 0 Å². The number of sulfone groups is 1. The summed E-state index contributed by atoms with van der Waals surface area (Å²) in [5.74, 6) is -3.02. The van der Waals surface area contributed by atoms with Crippen LogP contribution in [-0.4, -0.2) is 24.5 Å². The molecule has 6 nitrogen and oxygen atoms in total. The fourth-order valence-corrected chi connectivity index (χ4v) is 2.66. The van der Waals surface area contributed by atoms with Crippen LogP contribution in [0.3, 0.4) is 0 Å². The van der Waals surface area contributed by atoms with Crippen LogP contribution < -0.4 is 0 Å². The lowest BCUT2D eigenvalue weighted by atomic mass is 10.3. The molecule has 0 saturated carbocycles. The highest BCUT2D eigenvalue weighted by Crippen LogP contribution is 2.19. The first kappa shape index (κ1) is 13.2. The molecule has 0 saturated heterocycles. The first-order valence-electron chi connectivity index (χ1n) is 5.04. The molecule has 0 bridgehead atoms. The third kappa shape index (κ3) is 2.97. The Kier molecular flexibility index (Phi) is 3.34. The molecule has 1 N–H and O–H groups in total. The average Bonchev–Trinajstić information content (AvgIpc) is 2.78. The lowest BCUT2D eigenvalue weighted by Crippen LogP contribution is -2.04. The Morgan fingerprint density at radius 3 is 2.68 bits per heavy atom. The zero-order valence-electron chi connectivity index (χ0n) is 9.41. The van der Waals surface area contributed by atoms with Crippen LogP contribution in [0.4, 0.5) is 4.39 Å². The standard InChI is InChI=1S/C11H8FNO5S/c12-8-3-7(4-13-5-8)6-19(16,17)10-2-1-9(18-10)11(14)15/h1-5H,6H2,(H,14,15). The maximum absolute atomic E-state index is 12.9. The number of aromatic carboxylic acids is 1. The molecule has 2 aromatic rings. The van der Waals surface area contributed by atoms with E-state index in [4.69, 9.17) is 9.52 Å². The van der Waals surface area contributed by atoms with Crippen molar-refractivity contribution in [3.63, 3.8) is 0 Å². The van der Waals surface area contributed by atoms with E-state index in [1.54, 1.807) is 0 Å². The Morgan fingerprint density at radius 2 is 2.11 bits per heavy atom. The molecule has 0 atom stereocenters. The summed E-state index contributed by atoms with van der Waals surface area (Å²) >= 11 is 0. The molecule has 2 aromatic heterocycles. The van der Waals surface area contributed by atoms with Gasteiger partial charge in [-0.2, -0.15) is 0 Å². The lowest BCUT2D eigenvalue weighted by molar-refractivity contribution is 0.0656. The first-order valence-corrected chi connectivity index (χ1v) is 6.69. The number of rotatable bonds is 4. The molecule has 0 amide bonds. The Balaban J connectivity index is 2.29. The molecular formula is C11H8FNO5S. The average molecular weight is 285 g/mol. The minimum atomic E-state index is -3.88. The van der Waals surface area contributed by atoms with E-state index in [9.17, 15) is 17.6 Å². The molecule has 0 spiro atoms. The summed E-state index contributed by atoms with van der Waals surface area (Å²) in [7, 11) is -3.88. The van der Waals surface area contributed by atoms with Crippen molar-refractivity contribution >= 4 is 15.8 Å². The molecule has 0 radical (unpaired) electrons. The van der Waals surface area contributed by atoms with Crippen molar-refractivity contribution < 1.29 is 27.1 Å². The second kappa shape index (κ2) is 4.81. The van der Waals surface area contributed by atoms with Crippen LogP contribution in [0.5, 0.6) is 0 Å². The largest absolute Gasteiger partial charge is 0.475 e. The van der Waals surface area contributed by atoms with Crippen LogP contribution in [-0.2, 0) is 15.6 Å². The van der Waals surface area contributed by atoms with Gasteiger partial charge >= 0.3 is 5.97 Å². The summed E-state index contributed by atoms with van der Waals surface area (Å²) in [5, 5.41) is 8.16. The van der Waals surface area contributed by atoms with E-state index in [1.807, 2.05) is 0 Å². The number of carboxylic acid groups (broad SMARTS) is 1. The minimum Gasteiger partial charge on any atom is -0.475 e. The summed E-state index contributed by atoms with van der Waals surface area (Å²) in [5.41, 5.74) is 0.147. The molecule has 0 aliphatic rings. The second-order valence-corrected chi connectivity index (χ2v) is 5.61. The van der Waals surface area contributed by atoms with Crippen LogP contribution in [0.15, 0.2) is 40.1 Å². The van der Waals surface area contributed by atoms with E-state index in [2.05, 4.69) is 4.98 Å². The Morgan fingerprint density at radius 1 is 1.37 bits per heavy atom. The van der Waals surface area contributed by atoms with Crippen LogP contribution in [0, 0.1) is 5.82 Å². The SMILES string of the molecule is O=C(O)c1ccc(S(=O)(=O)Cc2cncc(F)c2)o1. The molecule has 2 heterocycles. The van der Waals surface area contributed by atoms with Crippen molar-refractivity contribution in [3.8, 4) is 0 Å². The smallest absolute Gasteiger partial charge is 0.371 e. The first-order chi connectivity index (χ1) is 8.88. The van der Waals surface area contributed by atoms with Gasteiger partial charge in [-0.15, -0.1) is 0 Å². The number of pyridine rings is 1. The van der Waals surface area contributed by atoms with Gasteiger partial charge in [0.2, 0.25) is 20.7 Å². The van der Waals surface area contributed by atoms with Gasteiger partial charge in [0.1, 0.15) is 5.82 Å². The summed E-state index contributed by atoms with van der Waals surface area (Å²) in [4.78, 5) is 14.1. The Labute approximate surface area is 107 Å². The maximum atomic E-state index is 12.9. The van der Waals surface area contributed by atoms with Crippen molar-refractivity contribution in [2.45, 2.75) is 10.8 Å². The molecule has 0 aliphatic carbocycles. The van der Waals surface area contributed by atoms with Gasteiger partial charge < -0.3 is 9.52 Å². The van der Waals surface area contributed by atoms with Gasteiger partial charge in [-0.05, 0) is 23.8 Å². The van der Waals surface area contributed by atoms with Crippen LogP contribution in [0.2, 0.25) is 0 Å². The van der Waals surface area contributed by atoms with Crippen molar-refractivity contribution in [3.05, 3.63) is 47.7 Å². The number of carboxylic acids is 1. The maximum Gasteiger partial charge on any atom is 0.371 e. The van der Waals surface area contributed by atoms with E-state index in [-0.39, 0.29) is 5.56 Å². The molecule has 100 valence electrons. The summed E-state index contributed by atoms with van der Waals surface area (Å²) in [6, 6.07) is 3.12. The van der Waals surface area contributed by atoms with Gasteiger partial charge in [0.15, 0.2) is 0 Å². The van der Waals surface area contributed by atoms with Gasteiger partial charge in [0.05, 0.1) is 11.9 Å². The van der Waals surface area contributed by atoms with Gasteiger partial charge in [-0.25, -0.2) is 17.6 Å². The highest BCUT2D eigenvalue weighted by molar-refractivity contribution is 7.90. The van der Waals surface area contributed by atoms with Crippen LogP contribution in [0.1, 0.15) is 16.1 Å². The predicted molar refractivity (Wildman–Crippen MR) is 60.8 cm³/mol. The van der Waals surface area contributed by atoms with Crippen LogP contribution >= 0.6 is 0 Å². The van der Waals surface area contributed by atoms with E-state index in [0.29, 0.717) is 0 Å². The summed E-state index contributed by atoms with van der Waals surface area (Å²) in [6.45, 7) is 0. The van der Waals surface area contributed by atoms with Gasteiger partial charge in [0.25, 0.3) is 0 Å². The molecule has 0 fully saturated rings. The van der Waals surface area contributed by atoms with Crippen LogP contribution in [0.25, 0.3) is 0 Å². The molecule has 0 aromatic carbocycles. The Bertz CT molecular complexity index is 722. The Hall–Kier alpha value is -2.22. The quantitative estimate of drug-likeness (QED) is 0.913. The number of hydrogen-bond donors (Lipinski definition) is 1. The zero-order valence-corrected chi connectivity index (χ0v) is 10.2. The lowest BCUT2D eigenvalue weighted by Gasteiger charge is -2.01. The molecular weight excluding hydrogens is 277 g/mol. The van der Waals surface area contributed by atoms with E-state index >= 15 is 0 Å². The fourth-order valence-electron chi connectivity index (χ4n) is 1.43.